The Labute approximate surface area is 191 Å². The first-order chi connectivity index (χ1) is 14.2. The Morgan fingerprint density at radius 3 is 1.53 bits per heavy atom. The van der Waals surface area contributed by atoms with Crippen molar-refractivity contribution in [2.45, 2.75) is 57.1 Å². The zero-order chi connectivity index (χ0) is 21.8. The fourth-order valence-corrected chi connectivity index (χ4v) is 6.15. The van der Waals surface area contributed by atoms with Crippen LogP contribution in [0.15, 0.2) is 58.3 Å². The van der Waals surface area contributed by atoms with Crippen LogP contribution in [0, 0.1) is 41.5 Å². The summed E-state index contributed by atoms with van der Waals surface area (Å²) in [6, 6.07) is 18.2. The quantitative estimate of drug-likeness (QED) is 0.273. The van der Waals surface area contributed by atoms with Crippen molar-refractivity contribution in [2.24, 2.45) is 0 Å². The van der Waals surface area contributed by atoms with Gasteiger partial charge in [-0.05, 0) is 81.5 Å². The standard InChI is InChI=1S/C27H33NS2/c1-18-12-20(3)26(21(4)13-18)29-16-24-8-10-25(11-9-24)28(7)17-30-27-22(5)14-19(2)15-23(27)6/h8-15H,16-17H2,1-7H3. The van der Waals surface area contributed by atoms with Gasteiger partial charge in [0.15, 0.2) is 0 Å². The molecule has 0 atom stereocenters. The molecule has 0 saturated heterocycles. The summed E-state index contributed by atoms with van der Waals surface area (Å²) in [4.78, 5) is 5.15. The number of hydrogen-bond acceptors (Lipinski definition) is 3. The van der Waals surface area contributed by atoms with E-state index in [1.54, 1.807) is 0 Å². The number of nitrogens with zero attached hydrogens (tertiary/aromatic N) is 1. The van der Waals surface area contributed by atoms with E-state index in [0.717, 1.165) is 11.6 Å². The molecule has 0 heterocycles. The molecule has 0 fully saturated rings. The fraction of sp³-hybridized carbons (Fsp3) is 0.333. The van der Waals surface area contributed by atoms with Gasteiger partial charge < -0.3 is 4.90 Å². The molecule has 0 aromatic heterocycles. The Morgan fingerprint density at radius 2 is 1.07 bits per heavy atom. The van der Waals surface area contributed by atoms with Crippen molar-refractivity contribution in [1.82, 2.24) is 0 Å². The molecule has 0 aliphatic rings. The molecule has 3 aromatic rings. The summed E-state index contributed by atoms with van der Waals surface area (Å²) in [6.07, 6.45) is 0. The molecule has 1 nitrogen and oxygen atoms in total. The third-order valence-corrected chi connectivity index (χ3v) is 8.23. The summed E-state index contributed by atoms with van der Waals surface area (Å²) >= 11 is 3.87. The van der Waals surface area contributed by atoms with Crippen LogP contribution in [0.25, 0.3) is 0 Å². The number of benzene rings is 3. The Balaban J connectivity index is 1.60. The first-order valence-corrected chi connectivity index (χ1v) is 12.4. The molecule has 3 heteroatoms. The van der Waals surface area contributed by atoms with Crippen molar-refractivity contribution in [3.8, 4) is 0 Å². The molecule has 0 bridgehead atoms. The highest BCUT2D eigenvalue weighted by Crippen LogP contribution is 2.32. The summed E-state index contributed by atoms with van der Waals surface area (Å²) in [5, 5.41) is 0. The minimum absolute atomic E-state index is 0.945. The number of rotatable bonds is 7. The van der Waals surface area contributed by atoms with E-state index in [0.29, 0.717) is 0 Å². The van der Waals surface area contributed by atoms with Crippen molar-refractivity contribution < 1.29 is 0 Å². The molecule has 0 aliphatic carbocycles. The summed E-state index contributed by atoms with van der Waals surface area (Å²) in [5.41, 5.74) is 10.8. The van der Waals surface area contributed by atoms with E-state index < -0.39 is 0 Å². The van der Waals surface area contributed by atoms with Gasteiger partial charge in [0.1, 0.15) is 0 Å². The molecular weight excluding hydrogens is 402 g/mol. The highest BCUT2D eigenvalue weighted by molar-refractivity contribution is 7.99. The topological polar surface area (TPSA) is 3.24 Å². The van der Waals surface area contributed by atoms with Crippen LogP contribution in [0.5, 0.6) is 0 Å². The first-order valence-electron chi connectivity index (χ1n) is 10.5. The predicted molar refractivity (Wildman–Crippen MR) is 136 cm³/mol. The Hall–Kier alpha value is -1.84. The lowest BCUT2D eigenvalue weighted by atomic mass is 10.1. The average molecular weight is 436 g/mol. The van der Waals surface area contributed by atoms with Gasteiger partial charge in [-0.1, -0.05) is 47.5 Å². The van der Waals surface area contributed by atoms with E-state index in [-0.39, 0.29) is 0 Å². The van der Waals surface area contributed by atoms with Crippen molar-refractivity contribution in [2.75, 3.05) is 17.8 Å². The van der Waals surface area contributed by atoms with Gasteiger partial charge >= 0.3 is 0 Å². The van der Waals surface area contributed by atoms with Crippen LogP contribution in [0.4, 0.5) is 5.69 Å². The van der Waals surface area contributed by atoms with Gasteiger partial charge in [-0.2, -0.15) is 0 Å². The fourth-order valence-electron chi connectivity index (χ4n) is 4.03. The summed E-state index contributed by atoms with van der Waals surface area (Å²) in [7, 11) is 2.18. The van der Waals surface area contributed by atoms with Gasteiger partial charge in [0.2, 0.25) is 0 Å². The molecule has 0 amide bonds. The normalized spacial score (nSPS) is 11.0. The van der Waals surface area contributed by atoms with E-state index in [1.165, 1.54) is 54.4 Å². The van der Waals surface area contributed by atoms with Gasteiger partial charge in [-0.25, -0.2) is 0 Å². The van der Waals surface area contributed by atoms with Crippen LogP contribution < -0.4 is 4.90 Å². The van der Waals surface area contributed by atoms with Gasteiger partial charge in [0.25, 0.3) is 0 Å². The van der Waals surface area contributed by atoms with E-state index in [9.17, 15) is 0 Å². The second kappa shape index (κ2) is 9.98. The maximum Gasteiger partial charge on any atom is 0.0682 e. The van der Waals surface area contributed by atoms with E-state index in [4.69, 9.17) is 0 Å². The van der Waals surface area contributed by atoms with Gasteiger partial charge in [-0.3, -0.25) is 0 Å². The van der Waals surface area contributed by atoms with Crippen LogP contribution in [-0.4, -0.2) is 12.9 Å². The van der Waals surface area contributed by atoms with E-state index in [1.807, 2.05) is 23.5 Å². The Morgan fingerprint density at radius 1 is 0.633 bits per heavy atom. The minimum Gasteiger partial charge on any atom is -0.365 e. The number of hydrogen-bond donors (Lipinski definition) is 0. The molecule has 0 unspecified atom stereocenters. The molecule has 30 heavy (non-hydrogen) atoms. The zero-order valence-electron chi connectivity index (χ0n) is 19.3. The van der Waals surface area contributed by atoms with Crippen LogP contribution in [0.2, 0.25) is 0 Å². The average Bonchev–Trinajstić information content (AvgIpc) is 2.66. The number of aryl methyl sites for hydroxylation is 6. The van der Waals surface area contributed by atoms with Crippen LogP contribution in [0.3, 0.4) is 0 Å². The molecule has 0 saturated carbocycles. The molecule has 0 radical (unpaired) electrons. The summed E-state index contributed by atoms with van der Waals surface area (Å²) in [6.45, 7) is 13.2. The molecular formula is C27H33NS2. The lowest BCUT2D eigenvalue weighted by molar-refractivity contribution is 1.09. The van der Waals surface area contributed by atoms with Crippen molar-refractivity contribution >= 4 is 29.2 Å². The maximum atomic E-state index is 2.33. The third kappa shape index (κ3) is 5.65. The predicted octanol–water partition coefficient (Wildman–Crippen LogP) is 8.02. The van der Waals surface area contributed by atoms with Crippen LogP contribution in [-0.2, 0) is 5.75 Å². The highest BCUT2D eigenvalue weighted by Gasteiger charge is 2.09. The van der Waals surface area contributed by atoms with Gasteiger partial charge in [0.05, 0.1) is 5.88 Å². The molecule has 0 spiro atoms. The molecule has 0 N–H and O–H groups in total. The second-order valence-corrected chi connectivity index (χ2v) is 10.3. The number of anilines is 1. The van der Waals surface area contributed by atoms with Crippen LogP contribution in [0.1, 0.15) is 38.9 Å². The molecule has 3 rings (SSSR count). The van der Waals surface area contributed by atoms with Crippen molar-refractivity contribution in [3.05, 3.63) is 87.5 Å². The third-order valence-electron chi connectivity index (χ3n) is 5.37. The maximum absolute atomic E-state index is 2.33. The van der Waals surface area contributed by atoms with Crippen molar-refractivity contribution in [1.29, 1.82) is 0 Å². The molecule has 3 aromatic carbocycles. The van der Waals surface area contributed by atoms with Gasteiger partial charge in [-0.15, -0.1) is 23.5 Å². The number of thioether (sulfide) groups is 2. The first kappa shape index (κ1) is 22.8. The van der Waals surface area contributed by atoms with Crippen molar-refractivity contribution in [3.63, 3.8) is 0 Å². The Bertz CT molecular complexity index is 976. The smallest absolute Gasteiger partial charge is 0.0682 e. The van der Waals surface area contributed by atoms with E-state index in [2.05, 4.69) is 102 Å². The van der Waals surface area contributed by atoms with Crippen LogP contribution >= 0.6 is 23.5 Å². The SMILES string of the molecule is Cc1cc(C)c(SCc2ccc(N(C)CSc3c(C)cc(C)cc3C)cc2)c(C)c1. The highest BCUT2D eigenvalue weighted by atomic mass is 32.2. The zero-order valence-corrected chi connectivity index (χ0v) is 20.9. The molecule has 0 aliphatic heterocycles. The summed E-state index contributed by atoms with van der Waals surface area (Å²) < 4.78 is 0. The largest absolute Gasteiger partial charge is 0.365 e. The monoisotopic (exact) mass is 435 g/mol. The lowest BCUT2D eigenvalue weighted by Gasteiger charge is -2.21. The van der Waals surface area contributed by atoms with E-state index >= 15 is 0 Å². The minimum atomic E-state index is 0.945. The van der Waals surface area contributed by atoms with Gasteiger partial charge in [0, 0.05) is 28.3 Å². The second-order valence-electron chi connectivity index (χ2n) is 8.38. The molecule has 158 valence electrons. The summed E-state index contributed by atoms with van der Waals surface area (Å²) in [5.74, 6) is 1.95. The lowest BCUT2D eigenvalue weighted by Crippen LogP contribution is -2.16. The Kier molecular flexibility index (Phi) is 7.60.